The van der Waals surface area contributed by atoms with Crippen LogP contribution in [0.5, 0.6) is 23.0 Å². The van der Waals surface area contributed by atoms with Gasteiger partial charge in [-0.15, -0.1) is 5.10 Å². The van der Waals surface area contributed by atoms with Gasteiger partial charge in [0, 0.05) is 5.56 Å². The van der Waals surface area contributed by atoms with Gasteiger partial charge in [-0.2, -0.15) is 4.98 Å². The average molecular weight is 532 g/mol. The lowest BCUT2D eigenvalue weighted by molar-refractivity contribution is 0.325. The van der Waals surface area contributed by atoms with E-state index in [1.807, 2.05) is 6.07 Å². The molecule has 0 saturated heterocycles. The number of rotatable bonds is 6. The molecule has 3 N–H and O–H groups in total. The quantitative estimate of drug-likeness (QED) is 0.405. The minimum atomic E-state index is -0.366. The third kappa shape index (κ3) is 4.63. The van der Waals surface area contributed by atoms with Crippen molar-refractivity contribution in [3.63, 3.8) is 0 Å². The van der Waals surface area contributed by atoms with Crippen molar-refractivity contribution < 1.29 is 18.9 Å². The van der Waals surface area contributed by atoms with Gasteiger partial charge in [0.15, 0.2) is 22.4 Å². The van der Waals surface area contributed by atoms with Gasteiger partial charge in [0.2, 0.25) is 17.1 Å². The molecule has 1 atom stereocenters. The molecular formula is C24H26ClN5O5S. The van der Waals surface area contributed by atoms with Gasteiger partial charge in [-0.1, -0.05) is 17.7 Å². The van der Waals surface area contributed by atoms with Crippen LogP contribution in [0.25, 0.3) is 11.1 Å². The van der Waals surface area contributed by atoms with E-state index in [-0.39, 0.29) is 17.2 Å². The van der Waals surface area contributed by atoms with Crippen molar-refractivity contribution in [3.05, 3.63) is 50.4 Å². The summed E-state index contributed by atoms with van der Waals surface area (Å²) >= 11 is 12.4. The number of nitrogens with zero attached hydrogens (tertiary/aromatic N) is 2. The molecule has 2 aromatic carbocycles. The zero-order valence-corrected chi connectivity index (χ0v) is 22.0. The van der Waals surface area contributed by atoms with Gasteiger partial charge < -0.3 is 24.3 Å². The van der Waals surface area contributed by atoms with Crippen LogP contribution in [0.2, 0.25) is 5.02 Å². The molecule has 4 rings (SSSR count). The number of fused-ring (bicyclic) bond motifs is 3. The fourth-order valence-corrected chi connectivity index (χ4v) is 4.97. The van der Waals surface area contributed by atoms with Crippen molar-refractivity contribution in [3.8, 4) is 34.1 Å². The number of aromatic nitrogens is 3. The van der Waals surface area contributed by atoms with Crippen LogP contribution in [0.3, 0.4) is 0 Å². The molecule has 0 amide bonds. The third-order valence-corrected chi connectivity index (χ3v) is 6.56. The van der Waals surface area contributed by atoms with Crippen molar-refractivity contribution in [2.75, 3.05) is 33.8 Å². The molecule has 0 radical (unpaired) electrons. The zero-order valence-electron chi connectivity index (χ0n) is 20.4. The molecular weight excluding hydrogens is 506 g/mol. The van der Waals surface area contributed by atoms with Crippen LogP contribution in [0.1, 0.15) is 29.4 Å². The molecule has 36 heavy (non-hydrogen) atoms. The van der Waals surface area contributed by atoms with Crippen LogP contribution < -0.4 is 35.0 Å². The normalized spacial score (nSPS) is 14.1. The van der Waals surface area contributed by atoms with E-state index in [1.165, 1.54) is 21.3 Å². The maximum atomic E-state index is 13.0. The van der Waals surface area contributed by atoms with Gasteiger partial charge in [-0.25, -0.2) is 0 Å². The van der Waals surface area contributed by atoms with Crippen LogP contribution in [-0.4, -0.2) is 48.7 Å². The van der Waals surface area contributed by atoms with Crippen LogP contribution in [-0.2, 0) is 6.42 Å². The largest absolute Gasteiger partial charge is 0.493 e. The second-order valence-electron chi connectivity index (χ2n) is 7.98. The molecule has 0 unspecified atom stereocenters. The molecule has 10 nitrogen and oxygen atoms in total. The number of nitrogens with one attached hydrogen (secondary N) is 3. The molecule has 3 aromatic rings. The minimum absolute atomic E-state index is 0.200. The highest BCUT2D eigenvalue weighted by atomic mass is 35.5. The number of thiocarbonyl (C=S) groups is 1. The van der Waals surface area contributed by atoms with E-state index in [0.29, 0.717) is 63.1 Å². The number of ether oxygens (including phenoxy) is 4. The van der Waals surface area contributed by atoms with Crippen molar-refractivity contribution in [1.29, 1.82) is 0 Å². The topological polar surface area (TPSA) is 120 Å². The number of aromatic amines is 1. The summed E-state index contributed by atoms with van der Waals surface area (Å²) in [5.41, 5.74) is 2.65. The van der Waals surface area contributed by atoms with Crippen LogP contribution in [0.4, 0.5) is 5.95 Å². The molecule has 0 aliphatic heterocycles. The Labute approximate surface area is 218 Å². The second-order valence-corrected chi connectivity index (χ2v) is 8.77. The lowest BCUT2D eigenvalue weighted by atomic mass is 9.95. The maximum Gasteiger partial charge on any atom is 0.248 e. The molecule has 190 valence electrons. The Bertz CT molecular complexity index is 1380. The van der Waals surface area contributed by atoms with Gasteiger partial charge in [-0.3, -0.25) is 15.2 Å². The zero-order chi connectivity index (χ0) is 26.0. The third-order valence-electron chi connectivity index (χ3n) is 5.94. The van der Waals surface area contributed by atoms with E-state index >= 15 is 0 Å². The first-order valence-corrected chi connectivity index (χ1v) is 11.8. The molecule has 0 saturated carbocycles. The molecule has 0 fully saturated rings. The summed E-state index contributed by atoms with van der Waals surface area (Å²) in [5.74, 6) is 2.37. The van der Waals surface area contributed by atoms with Crippen LogP contribution >= 0.6 is 23.8 Å². The van der Waals surface area contributed by atoms with Crippen molar-refractivity contribution in [2.24, 2.45) is 0 Å². The van der Waals surface area contributed by atoms with Crippen molar-refractivity contribution in [1.82, 2.24) is 20.5 Å². The summed E-state index contributed by atoms with van der Waals surface area (Å²) in [5, 5.41) is 13.8. The van der Waals surface area contributed by atoms with E-state index in [9.17, 15) is 4.79 Å². The van der Waals surface area contributed by atoms with Gasteiger partial charge in [0.1, 0.15) is 5.82 Å². The summed E-state index contributed by atoms with van der Waals surface area (Å²) in [6, 6.07) is 4.62. The van der Waals surface area contributed by atoms with Crippen molar-refractivity contribution >= 4 is 34.9 Å². The summed E-state index contributed by atoms with van der Waals surface area (Å²) in [6.07, 6.45) is 1.09. The highest BCUT2D eigenvalue weighted by Crippen LogP contribution is 2.54. The first-order valence-electron chi connectivity index (χ1n) is 11.0. The molecule has 1 aliphatic rings. The number of hydrogen-bond acceptors (Lipinski definition) is 8. The number of benzene rings is 1. The monoisotopic (exact) mass is 531 g/mol. The first kappa shape index (κ1) is 25.5. The highest BCUT2D eigenvalue weighted by molar-refractivity contribution is 7.80. The van der Waals surface area contributed by atoms with Crippen LogP contribution in [0, 0.1) is 6.92 Å². The lowest BCUT2D eigenvalue weighted by Crippen LogP contribution is -2.33. The summed E-state index contributed by atoms with van der Waals surface area (Å²) in [4.78, 5) is 17.2. The molecule has 12 heteroatoms. The molecule has 1 heterocycles. The highest BCUT2D eigenvalue weighted by Gasteiger charge is 2.32. The van der Waals surface area contributed by atoms with Crippen LogP contribution in [0.15, 0.2) is 23.0 Å². The number of H-pyrrole nitrogens is 1. The minimum Gasteiger partial charge on any atom is -0.493 e. The summed E-state index contributed by atoms with van der Waals surface area (Å²) < 4.78 is 22.3. The second kappa shape index (κ2) is 10.6. The Morgan fingerprint density at radius 2 is 1.83 bits per heavy atom. The number of hydrogen-bond donors (Lipinski definition) is 3. The van der Waals surface area contributed by atoms with Crippen molar-refractivity contribution in [2.45, 2.75) is 25.8 Å². The van der Waals surface area contributed by atoms with Gasteiger partial charge in [0.25, 0.3) is 0 Å². The van der Waals surface area contributed by atoms with E-state index in [0.717, 1.165) is 11.1 Å². The summed E-state index contributed by atoms with van der Waals surface area (Å²) in [6.45, 7) is 1.79. The molecule has 0 spiro atoms. The molecule has 1 aromatic heterocycles. The van der Waals surface area contributed by atoms with Gasteiger partial charge in [0.05, 0.1) is 39.5 Å². The lowest BCUT2D eigenvalue weighted by Gasteiger charge is -2.21. The molecule has 0 bridgehead atoms. The number of aryl methyl sites for hydroxylation is 1. The Morgan fingerprint density at radius 1 is 1.11 bits per heavy atom. The number of methoxy groups -OCH3 is 4. The summed E-state index contributed by atoms with van der Waals surface area (Å²) in [7, 11) is 6.04. The van der Waals surface area contributed by atoms with Gasteiger partial charge >= 0.3 is 0 Å². The number of anilines is 1. The standard InChI is InChI=1S/C24H26ClN5O5S/c1-11-26-23(30-29-11)28-24(36)27-15-8-6-13-18(12-7-9-17(32-2)16(31)10-14(12)15)20(33-3)22(35-5)21(34-4)19(13)25/h7,9-10,15H,6,8H2,1-5H3,(H3,26,27,28,29,30,36)/t15-/m0/s1. The van der Waals surface area contributed by atoms with Gasteiger partial charge in [-0.05, 0) is 60.8 Å². The number of halogens is 1. The Morgan fingerprint density at radius 3 is 2.44 bits per heavy atom. The fraction of sp³-hybridized carbons (Fsp3) is 0.333. The SMILES string of the molecule is COc1c(Cl)c2c(c(OC)c1OC)-c1ccc(OC)c(=O)cc1[C@@H](NC(=S)Nc1n[nH]c(C)n1)CC2. The first-order chi connectivity index (χ1) is 17.3. The Balaban J connectivity index is 1.91. The van der Waals surface area contributed by atoms with E-state index < -0.39 is 0 Å². The Hall–Kier alpha value is -3.57. The predicted octanol–water partition coefficient (Wildman–Crippen LogP) is 3.80. The Kier molecular flexibility index (Phi) is 7.51. The fourth-order valence-electron chi connectivity index (χ4n) is 4.38. The van der Waals surface area contributed by atoms with E-state index in [4.69, 9.17) is 42.8 Å². The van der Waals surface area contributed by atoms with E-state index in [1.54, 1.807) is 26.2 Å². The maximum absolute atomic E-state index is 13.0. The molecule has 1 aliphatic carbocycles. The predicted molar refractivity (Wildman–Crippen MR) is 141 cm³/mol. The average Bonchev–Trinajstić information content (AvgIpc) is 3.11. The smallest absolute Gasteiger partial charge is 0.248 e. The van der Waals surface area contributed by atoms with E-state index in [2.05, 4.69) is 25.8 Å².